The van der Waals surface area contributed by atoms with Gasteiger partial charge < -0.3 is 14.8 Å². The van der Waals surface area contributed by atoms with Crippen molar-refractivity contribution < 1.29 is 4.79 Å². The highest BCUT2D eigenvalue weighted by Gasteiger charge is 2.25. The van der Waals surface area contributed by atoms with Crippen LogP contribution in [0.25, 0.3) is 11.3 Å². The van der Waals surface area contributed by atoms with Gasteiger partial charge in [-0.25, -0.2) is 0 Å². The zero-order chi connectivity index (χ0) is 17.1. The number of hydrogen-bond acceptors (Lipinski definition) is 2. The average molecular weight is 325 g/mol. The van der Waals surface area contributed by atoms with E-state index in [0.717, 1.165) is 38.0 Å². The van der Waals surface area contributed by atoms with Gasteiger partial charge in [-0.2, -0.15) is 0 Å². The molecule has 4 nitrogen and oxygen atoms in total. The molecule has 0 aliphatic heterocycles. The van der Waals surface area contributed by atoms with Gasteiger partial charge in [-0.05, 0) is 37.1 Å². The van der Waals surface area contributed by atoms with Crippen molar-refractivity contribution >= 4 is 5.91 Å². The first-order valence-corrected chi connectivity index (χ1v) is 8.92. The lowest BCUT2D eigenvalue weighted by Gasteiger charge is -2.19. The number of nitrogens with zero attached hydrogens (tertiary/aromatic N) is 2. The Hall–Kier alpha value is -2.07. The van der Waals surface area contributed by atoms with E-state index in [4.69, 9.17) is 0 Å². The molecule has 0 unspecified atom stereocenters. The third-order valence-electron chi connectivity index (χ3n) is 5.06. The Morgan fingerprint density at radius 2 is 1.96 bits per heavy atom. The third-order valence-corrected chi connectivity index (χ3v) is 5.06. The average Bonchev–Trinajstić information content (AvgIpc) is 2.96. The predicted octanol–water partition coefficient (Wildman–Crippen LogP) is 2.86. The number of rotatable bonds is 6. The van der Waals surface area contributed by atoms with E-state index < -0.39 is 0 Å². The fourth-order valence-corrected chi connectivity index (χ4v) is 3.67. The second-order valence-corrected chi connectivity index (χ2v) is 6.42. The lowest BCUT2D eigenvalue weighted by molar-refractivity contribution is 0.0948. The maximum Gasteiger partial charge on any atom is 0.253 e. The highest BCUT2D eigenvalue weighted by atomic mass is 16.1. The molecule has 3 rings (SSSR count). The van der Waals surface area contributed by atoms with Crippen LogP contribution in [0, 0.1) is 0 Å². The van der Waals surface area contributed by atoms with Crippen molar-refractivity contribution in [2.24, 2.45) is 7.05 Å². The van der Waals surface area contributed by atoms with E-state index in [0.29, 0.717) is 6.54 Å². The number of aryl methyl sites for hydroxylation is 2. The number of fused-ring (bicyclic) bond motifs is 3. The summed E-state index contributed by atoms with van der Waals surface area (Å²) in [5, 5.41) is 3.09. The van der Waals surface area contributed by atoms with Gasteiger partial charge in [0.15, 0.2) is 0 Å². The number of nitrogens with one attached hydrogen (secondary N) is 1. The molecule has 0 spiro atoms. The van der Waals surface area contributed by atoms with Crippen LogP contribution in [0.2, 0.25) is 0 Å². The minimum absolute atomic E-state index is 0.0541. The van der Waals surface area contributed by atoms with Gasteiger partial charge in [-0.3, -0.25) is 4.79 Å². The Morgan fingerprint density at radius 3 is 2.71 bits per heavy atom. The quantitative estimate of drug-likeness (QED) is 0.887. The normalized spacial score (nSPS) is 12.8. The Kier molecular flexibility index (Phi) is 5.05. The Balaban J connectivity index is 1.78. The van der Waals surface area contributed by atoms with Crippen molar-refractivity contribution in [3.8, 4) is 11.3 Å². The first-order valence-electron chi connectivity index (χ1n) is 8.92. The van der Waals surface area contributed by atoms with Crippen molar-refractivity contribution in [1.82, 2.24) is 14.8 Å². The molecular weight excluding hydrogens is 298 g/mol. The second-order valence-electron chi connectivity index (χ2n) is 6.42. The molecule has 128 valence electrons. The number of amides is 1. The monoisotopic (exact) mass is 325 g/mol. The number of carbonyl (C=O) groups excluding carboxylic acids is 1. The van der Waals surface area contributed by atoms with Gasteiger partial charge in [0.05, 0.1) is 11.3 Å². The van der Waals surface area contributed by atoms with Crippen molar-refractivity contribution in [2.75, 3.05) is 26.2 Å². The molecule has 1 aromatic carbocycles. The fraction of sp³-hybridized carbons (Fsp3) is 0.450. The molecule has 0 fully saturated rings. The predicted molar refractivity (Wildman–Crippen MR) is 98.4 cm³/mol. The molecule has 1 aliphatic rings. The van der Waals surface area contributed by atoms with Crippen LogP contribution in [0.1, 0.15) is 35.3 Å². The number of hydrogen-bond donors (Lipinski definition) is 1. The molecule has 1 N–H and O–H groups in total. The molecule has 0 radical (unpaired) electrons. The number of aromatic nitrogens is 1. The van der Waals surface area contributed by atoms with Crippen LogP contribution in [0.3, 0.4) is 0 Å². The summed E-state index contributed by atoms with van der Waals surface area (Å²) in [5.41, 5.74) is 5.87. The highest BCUT2D eigenvalue weighted by Crippen LogP contribution is 2.35. The summed E-state index contributed by atoms with van der Waals surface area (Å²) < 4.78 is 2.10. The lowest BCUT2D eigenvalue weighted by atomic mass is 9.88. The van der Waals surface area contributed by atoms with Crippen LogP contribution in [-0.2, 0) is 19.9 Å². The van der Waals surface area contributed by atoms with Crippen LogP contribution in [0.15, 0.2) is 30.5 Å². The zero-order valence-corrected chi connectivity index (χ0v) is 14.9. The SMILES string of the molecule is CCN(CC)CCNC(=O)c1cn(C)c2c1CCc1ccccc1-2. The largest absolute Gasteiger partial charge is 0.351 e. The van der Waals surface area contributed by atoms with E-state index in [1.807, 2.05) is 13.2 Å². The Labute approximate surface area is 144 Å². The van der Waals surface area contributed by atoms with Gasteiger partial charge in [0.25, 0.3) is 5.91 Å². The zero-order valence-electron chi connectivity index (χ0n) is 14.9. The summed E-state index contributed by atoms with van der Waals surface area (Å²) in [5.74, 6) is 0.0541. The fourth-order valence-electron chi connectivity index (χ4n) is 3.67. The first-order chi connectivity index (χ1) is 11.7. The smallest absolute Gasteiger partial charge is 0.253 e. The van der Waals surface area contributed by atoms with Gasteiger partial charge in [-0.1, -0.05) is 38.1 Å². The van der Waals surface area contributed by atoms with Crippen LogP contribution in [0.4, 0.5) is 0 Å². The summed E-state index contributed by atoms with van der Waals surface area (Å²) >= 11 is 0. The van der Waals surface area contributed by atoms with Crippen molar-refractivity contribution in [2.45, 2.75) is 26.7 Å². The van der Waals surface area contributed by atoms with Crippen LogP contribution in [0.5, 0.6) is 0 Å². The van der Waals surface area contributed by atoms with E-state index in [9.17, 15) is 4.79 Å². The standard InChI is InChI=1S/C20H27N3O/c1-4-23(5-2)13-12-21-20(24)18-14-22(3)19-16-9-7-6-8-15(16)10-11-17(18)19/h6-9,14H,4-5,10-13H2,1-3H3,(H,21,24). The molecule has 0 saturated heterocycles. The topological polar surface area (TPSA) is 37.3 Å². The summed E-state index contributed by atoms with van der Waals surface area (Å²) in [6, 6.07) is 8.52. The molecular formula is C20H27N3O. The number of carbonyl (C=O) groups is 1. The summed E-state index contributed by atoms with van der Waals surface area (Å²) in [6.45, 7) is 7.93. The molecule has 1 amide bonds. The maximum atomic E-state index is 12.7. The van der Waals surface area contributed by atoms with Crippen LogP contribution >= 0.6 is 0 Å². The third kappa shape index (κ3) is 3.11. The highest BCUT2D eigenvalue weighted by molar-refractivity contribution is 5.98. The first kappa shape index (κ1) is 16.8. The van der Waals surface area contributed by atoms with Crippen molar-refractivity contribution in [1.29, 1.82) is 0 Å². The minimum atomic E-state index is 0.0541. The van der Waals surface area contributed by atoms with Gasteiger partial charge in [0, 0.05) is 31.9 Å². The van der Waals surface area contributed by atoms with Gasteiger partial charge >= 0.3 is 0 Å². The molecule has 1 aromatic heterocycles. The number of likely N-dealkylation sites (N-methyl/N-ethyl adjacent to an activating group) is 1. The molecule has 24 heavy (non-hydrogen) atoms. The second kappa shape index (κ2) is 7.22. The van der Waals surface area contributed by atoms with Gasteiger partial charge in [0.1, 0.15) is 0 Å². The van der Waals surface area contributed by atoms with Crippen molar-refractivity contribution in [3.05, 3.63) is 47.2 Å². The summed E-state index contributed by atoms with van der Waals surface area (Å²) in [7, 11) is 2.04. The van der Waals surface area contributed by atoms with Crippen molar-refractivity contribution in [3.63, 3.8) is 0 Å². The molecule has 0 atom stereocenters. The summed E-state index contributed by atoms with van der Waals surface area (Å²) in [6.07, 6.45) is 3.93. The van der Waals surface area contributed by atoms with E-state index in [1.165, 1.54) is 22.4 Å². The summed E-state index contributed by atoms with van der Waals surface area (Å²) in [4.78, 5) is 15.0. The molecule has 4 heteroatoms. The minimum Gasteiger partial charge on any atom is -0.351 e. The van der Waals surface area contributed by atoms with Crippen LogP contribution in [-0.4, -0.2) is 41.6 Å². The molecule has 0 bridgehead atoms. The van der Waals surface area contributed by atoms with Gasteiger partial charge in [0.2, 0.25) is 0 Å². The molecule has 1 aliphatic carbocycles. The lowest BCUT2D eigenvalue weighted by Crippen LogP contribution is -2.35. The number of benzene rings is 1. The van der Waals surface area contributed by atoms with E-state index in [1.54, 1.807) is 0 Å². The van der Waals surface area contributed by atoms with E-state index in [-0.39, 0.29) is 5.91 Å². The Morgan fingerprint density at radius 1 is 1.21 bits per heavy atom. The van der Waals surface area contributed by atoms with E-state index >= 15 is 0 Å². The molecule has 2 aromatic rings. The van der Waals surface area contributed by atoms with Crippen LogP contribution < -0.4 is 5.32 Å². The molecule has 1 heterocycles. The van der Waals surface area contributed by atoms with Gasteiger partial charge in [-0.15, -0.1) is 0 Å². The van der Waals surface area contributed by atoms with E-state index in [2.05, 4.69) is 52.9 Å². The maximum absolute atomic E-state index is 12.7. The molecule has 0 saturated carbocycles. The Bertz CT molecular complexity index is 728.